The minimum Gasteiger partial charge on any atom is -0.477 e. The van der Waals surface area contributed by atoms with Crippen molar-refractivity contribution in [3.8, 4) is 11.3 Å². The number of pyridine rings is 2. The van der Waals surface area contributed by atoms with Crippen LogP contribution < -0.4 is 4.90 Å². The predicted molar refractivity (Wildman–Crippen MR) is 139 cm³/mol. The number of nitrogens with zero attached hydrogens (tertiary/aromatic N) is 4. The van der Waals surface area contributed by atoms with E-state index in [4.69, 9.17) is 9.63 Å². The third-order valence-corrected chi connectivity index (χ3v) is 7.40. The number of carboxylic acid groups (broad SMARTS) is 1. The van der Waals surface area contributed by atoms with Gasteiger partial charge in [-0.3, -0.25) is 4.98 Å². The number of hydrogen-bond acceptors (Lipinski definition) is 6. The Morgan fingerprint density at radius 3 is 2.56 bits per heavy atom. The summed E-state index contributed by atoms with van der Waals surface area (Å²) in [6, 6.07) is 10.3. The Morgan fingerprint density at radius 2 is 1.85 bits per heavy atom. The molecule has 1 aromatic carbocycles. The maximum atomic E-state index is 13.7. The summed E-state index contributed by atoms with van der Waals surface area (Å²) >= 11 is 0. The number of benzene rings is 1. The first kappa shape index (κ1) is 25.1. The van der Waals surface area contributed by atoms with Gasteiger partial charge in [-0.05, 0) is 67.3 Å². The first-order chi connectivity index (χ1) is 18.8. The number of anilines is 1. The smallest absolute Gasteiger partial charge is 0.434 e. The summed E-state index contributed by atoms with van der Waals surface area (Å²) in [6.45, 7) is 1.63. The van der Waals surface area contributed by atoms with Crippen molar-refractivity contribution in [1.29, 1.82) is 0 Å². The van der Waals surface area contributed by atoms with Crippen molar-refractivity contribution >= 4 is 28.5 Å². The summed E-state index contributed by atoms with van der Waals surface area (Å²) in [6.07, 6.45) is 5.71. The minimum atomic E-state index is -4.60. The van der Waals surface area contributed by atoms with E-state index in [9.17, 15) is 18.0 Å². The van der Waals surface area contributed by atoms with Crippen molar-refractivity contribution in [2.75, 3.05) is 18.0 Å². The van der Waals surface area contributed by atoms with Crippen molar-refractivity contribution in [3.63, 3.8) is 0 Å². The van der Waals surface area contributed by atoms with E-state index in [1.54, 1.807) is 12.3 Å². The van der Waals surface area contributed by atoms with Crippen LogP contribution in [-0.2, 0) is 6.18 Å². The number of hydrogen-bond donors (Lipinski definition) is 1. The van der Waals surface area contributed by atoms with E-state index in [0.717, 1.165) is 61.4 Å². The van der Waals surface area contributed by atoms with Crippen LogP contribution in [0.25, 0.3) is 28.1 Å². The van der Waals surface area contributed by atoms with Crippen LogP contribution in [0.5, 0.6) is 0 Å². The van der Waals surface area contributed by atoms with E-state index >= 15 is 0 Å². The SMILES string of the molecule is O=C(O)c1cc2ccc(N3CCC(C=Cc4c(-c5cccnc5C(F)(F)F)noc4C4CC4)CC3)cc2cn1. The van der Waals surface area contributed by atoms with Gasteiger partial charge in [-0.1, -0.05) is 23.4 Å². The highest BCUT2D eigenvalue weighted by atomic mass is 19.4. The molecule has 1 saturated carbocycles. The second-order valence-electron chi connectivity index (χ2n) is 10.1. The molecule has 0 amide bonds. The van der Waals surface area contributed by atoms with Gasteiger partial charge < -0.3 is 14.5 Å². The van der Waals surface area contributed by atoms with Gasteiger partial charge in [0.05, 0.1) is 0 Å². The molecule has 1 aliphatic heterocycles. The zero-order valence-electron chi connectivity index (χ0n) is 20.9. The molecule has 4 aromatic rings. The molecule has 0 atom stereocenters. The molecule has 0 spiro atoms. The van der Waals surface area contributed by atoms with Gasteiger partial charge in [0.1, 0.15) is 17.1 Å². The Kier molecular flexibility index (Phi) is 6.32. The van der Waals surface area contributed by atoms with Crippen LogP contribution in [0.1, 0.15) is 59.1 Å². The average Bonchev–Trinajstić information content (AvgIpc) is 3.70. The molecular weight excluding hydrogens is 509 g/mol. The summed E-state index contributed by atoms with van der Waals surface area (Å²) in [5.74, 6) is 0.0337. The van der Waals surface area contributed by atoms with Gasteiger partial charge in [0.2, 0.25) is 0 Å². The molecule has 3 aromatic heterocycles. The van der Waals surface area contributed by atoms with E-state index in [1.165, 1.54) is 12.1 Å². The molecule has 39 heavy (non-hydrogen) atoms. The maximum absolute atomic E-state index is 13.7. The Labute approximate surface area is 222 Å². The molecule has 0 radical (unpaired) electrons. The summed E-state index contributed by atoms with van der Waals surface area (Å²) in [7, 11) is 0. The summed E-state index contributed by atoms with van der Waals surface area (Å²) < 4.78 is 46.6. The second-order valence-corrected chi connectivity index (χ2v) is 10.1. The highest BCUT2D eigenvalue weighted by Gasteiger charge is 2.38. The lowest BCUT2D eigenvalue weighted by Gasteiger charge is -2.32. The van der Waals surface area contributed by atoms with Crippen molar-refractivity contribution in [2.45, 2.75) is 37.8 Å². The second kappa shape index (κ2) is 9.83. The average molecular weight is 535 g/mol. The quantitative estimate of drug-likeness (QED) is 0.291. The molecule has 4 heterocycles. The van der Waals surface area contributed by atoms with Gasteiger partial charge >= 0.3 is 12.1 Å². The summed E-state index contributed by atoms with van der Waals surface area (Å²) in [5, 5.41) is 14.9. The molecule has 0 unspecified atom stereocenters. The molecule has 10 heteroatoms. The molecule has 1 saturated heterocycles. The Bertz CT molecular complexity index is 1570. The molecule has 6 rings (SSSR count). The standard InChI is InChI=1S/C29H25F3N4O3/c30-29(31,32)27-23(2-1-11-33-27)25-22(26(39-35-25)18-4-5-18)8-3-17-9-12-36(13-10-17)21-7-6-19-15-24(28(37)38)34-16-20(19)14-21/h1-3,6-8,11,14-18H,4-5,9-10,12-13H2,(H,37,38). The van der Waals surface area contributed by atoms with Crippen molar-refractivity contribution < 1.29 is 27.6 Å². The van der Waals surface area contributed by atoms with Gasteiger partial charge in [-0.15, -0.1) is 0 Å². The Hall–Kier alpha value is -4.21. The van der Waals surface area contributed by atoms with Gasteiger partial charge in [0.25, 0.3) is 0 Å². The van der Waals surface area contributed by atoms with Crippen molar-refractivity contribution in [2.24, 2.45) is 5.92 Å². The number of carboxylic acids is 1. The molecule has 200 valence electrons. The highest BCUT2D eigenvalue weighted by Crippen LogP contribution is 2.46. The summed E-state index contributed by atoms with van der Waals surface area (Å²) in [5.41, 5.74) is 0.818. The van der Waals surface area contributed by atoms with Crippen LogP contribution >= 0.6 is 0 Å². The van der Waals surface area contributed by atoms with E-state index in [-0.39, 0.29) is 28.8 Å². The molecule has 2 aliphatic rings. The number of allylic oxidation sites excluding steroid dienone is 1. The van der Waals surface area contributed by atoms with Crippen LogP contribution in [0.2, 0.25) is 0 Å². The van der Waals surface area contributed by atoms with Crippen LogP contribution in [0.4, 0.5) is 18.9 Å². The number of rotatable bonds is 6. The van der Waals surface area contributed by atoms with Crippen LogP contribution in [-0.4, -0.2) is 39.3 Å². The fraction of sp³-hybridized carbons (Fsp3) is 0.310. The number of aromatic carboxylic acids is 1. The number of aromatic nitrogens is 3. The van der Waals surface area contributed by atoms with E-state index in [2.05, 4.69) is 26.1 Å². The van der Waals surface area contributed by atoms with Gasteiger partial charge in [-0.2, -0.15) is 13.2 Å². The first-order valence-corrected chi connectivity index (χ1v) is 12.9. The first-order valence-electron chi connectivity index (χ1n) is 12.9. The normalized spacial score (nSPS) is 16.8. The monoisotopic (exact) mass is 534 g/mol. The predicted octanol–water partition coefficient (Wildman–Crippen LogP) is 6.81. The molecular formula is C29H25F3N4O3. The summed E-state index contributed by atoms with van der Waals surface area (Å²) in [4.78, 5) is 21.1. The topological polar surface area (TPSA) is 92.3 Å². The lowest BCUT2D eigenvalue weighted by atomic mass is 9.94. The Morgan fingerprint density at radius 1 is 1.05 bits per heavy atom. The zero-order chi connectivity index (χ0) is 27.1. The molecule has 1 aliphatic carbocycles. The number of carbonyl (C=O) groups is 1. The number of fused-ring (bicyclic) bond motifs is 1. The van der Waals surface area contributed by atoms with Crippen LogP contribution in [0.3, 0.4) is 0 Å². The minimum absolute atomic E-state index is 0.0156. The van der Waals surface area contributed by atoms with Gasteiger partial charge in [0.15, 0.2) is 5.69 Å². The molecule has 0 bridgehead atoms. The maximum Gasteiger partial charge on any atom is 0.434 e. The van der Waals surface area contributed by atoms with E-state index in [0.29, 0.717) is 11.3 Å². The largest absolute Gasteiger partial charge is 0.477 e. The highest BCUT2D eigenvalue weighted by molar-refractivity contribution is 5.93. The van der Waals surface area contributed by atoms with Gasteiger partial charge in [0, 0.05) is 53.6 Å². The third-order valence-electron chi connectivity index (χ3n) is 7.40. The van der Waals surface area contributed by atoms with Crippen molar-refractivity contribution in [1.82, 2.24) is 15.1 Å². The zero-order valence-corrected chi connectivity index (χ0v) is 20.9. The lowest BCUT2D eigenvalue weighted by molar-refractivity contribution is -0.140. The van der Waals surface area contributed by atoms with E-state index < -0.39 is 17.8 Å². The van der Waals surface area contributed by atoms with Crippen molar-refractivity contribution in [3.05, 3.63) is 77.6 Å². The number of piperidine rings is 1. The van der Waals surface area contributed by atoms with Crippen LogP contribution in [0, 0.1) is 5.92 Å². The molecule has 2 fully saturated rings. The molecule has 1 N–H and O–H groups in total. The fourth-order valence-corrected chi connectivity index (χ4v) is 5.15. The van der Waals surface area contributed by atoms with Crippen LogP contribution in [0.15, 0.2) is 59.4 Å². The Balaban J connectivity index is 1.20. The van der Waals surface area contributed by atoms with E-state index in [1.807, 2.05) is 24.3 Å². The molecule has 7 nitrogen and oxygen atoms in total. The number of halogens is 3. The third kappa shape index (κ3) is 5.10. The number of alkyl halides is 3. The lowest BCUT2D eigenvalue weighted by Crippen LogP contribution is -2.33. The fourth-order valence-electron chi connectivity index (χ4n) is 5.15. The van der Waals surface area contributed by atoms with Gasteiger partial charge in [-0.25, -0.2) is 9.78 Å².